The zero-order valence-electron chi connectivity index (χ0n) is 5.63. The zero-order chi connectivity index (χ0) is 8.65. The molecule has 1 rings (SSSR count). The van der Waals surface area contributed by atoms with Gasteiger partial charge in [0.25, 0.3) is 0 Å². The number of halogens is 1. The van der Waals surface area contributed by atoms with Crippen LogP contribution in [0.3, 0.4) is 0 Å². The number of hydrogen-bond donors (Lipinski definition) is 0. The van der Waals surface area contributed by atoms with E-state index < -0.39 is 21.7 Å². The van der Waals surface area contributed by atoms with Crippen LogP contribution in [0.4, 0.5) is 0 Å². The highest BCUT2D eigenvalue weighted by atomic mass is 35.5. The molecule has 6 heteroatoms. The number of ketones is 1. The third-order valence-corrected chi connectivity index (χ3v) is 2.71. The molecule has 0 atom stereocenters. The van der Waals surface area contributed by atoms with E-state index in [0.717, 1.165) is 0 Å². The van der Waals surface area contributed by atoms with Crippen LogP contribution >= 0.6 is 11.6 Å². The summed E-state index contributed by atoms with van der Waals surface area (Å²) in [7, 11) is -3.71. The second kappa shape index (κ2) is 2.49. The number of carbonyl (C=O) groups is 1. The van der Waals surface area contributed by atoms with Crippen LogP contribution in [0.15, 0.2) is 10.8 Å². The third-order valence-electron chi connectivity index (χ3n) is 1.11. The van der Waals surface area contributed by atoms with Crippen molar-refractivity contribution in [1.82, 2.24) is 0 Å². The molecular formula is C5H5ClO4S. The normalized spacial score (nSPS) is 23.3. The summed E-state index contributed by atoms with van der Waals surface area (Å²) in [5.41, 5.74) is 0. The molecule has 0 fully saturated rings. The van der Waals surface area contributed by atoms with Crippen LogP contribution in [-0.2, 0) is 19.1 Å². The maximum absolute atomic E-state index is 10.8. The van der Waals surface area contributed by atoms with Crippen LogP contribution in [0.25, 0.3) is 0 Å². The van der Waals surface area contributed by atoms with Crippen molar-refractivity contribution in [3.05, 3.63) is 10.8 Å². The van der Waals surface area contributed by atoms with E-state index in [9.17, 15) is 13.2 Å². The van der Waals surface area contributed by atoms with Gasteiger partial charge in [-0.25, -0.2) is 0 Å². The minimum absolute atomic E-state index is 0.0529. The van der Waals surface area contributed by atoms with E-state index in [-0.39, 0.29) is 10.8 Å². The van der Waals surface area contributed by atoms with E-state index in [1.807, 2.05) is 0 Å². The van der Waals surface area contributed by atoms with Crippen molar-refractivity contribution in [2.75, 3.05) is 5.75 Å². The van der Waals surface area contributed by atoms with Gasteiger partial charge >= 0.3 is 10.1 Å². The maximum atomic E-state index is 10.8. The fourth-order valence-corrected chi connectivity index (χ4v) is 1.90. The lowest BCUT2D eigenvalue weighted by Gasteiger charge is -2.12. The monoisotopic (exact) mass is 196 g/mol. The molecule has 0 amide bonds. The quantitative estimate of drug-likeness (QED) is 0.526. The Hall–Kier alpha value is -0.550. The van der Waals surface area contributed by atoms with Crippen LogP contribution in [0, 0.1) is 0 Å². The van der Waals surface area contributed by atoms with Gasteiger partial charge in [-0.3, -0.25) is 4.79 Å². The van der Waals surface area contributed by atoms with E-state index in [1.54, 1.807) is 0 Å². The van der Waals surface area contributed by atoms with Gasteiger partial charge in [-0.1, -0.05) is 11.6 Å². The SMILES string of the molecule is CC1=C(Cl)C(=O)CS(=O)(=O)O1. The molecule has 4 nitrogen and oxygen atoms in total. The van der Waals surface area contributed by atoms with E-state index in [4.69, 9.17) is 11.6 Å². The molecule has 0 saturated heterocycles. The Balaban J connectivity index is 3.14. The van der Waals surface area contributed by atoms with Crippen LogP contribution < -0.4 is 0 Å². The summed E-state index contributed by atoms with van der Waals surface area (Å²) < 4.78 is 25.7. The molecule has 62 valence electrons. The second-order valence-corrected chi connectivity index (χ2v) is 4.03. The van der Waals surface area contributed by atoms with Crippen molar-refractivity contribution in [1.29, 1.82) is 0 Å². The average Bonchev–Trinajstić information content (AvgIpc) is 1.81. The van der Waals surface area contributed by atoms with Crippen molar-refractivity contribution in [3.63, 3.8) is 0 Å². The molecule has 0 spiro atoms. The van der Waals surface area contributed by atoms with Crippen LogP contribution in [-0.4, -0.2) is 20.0 Å². The van der Waals surface area contributed by atoms with Crippen molar-refractivity contribution < 1.29 is 17.4 Å². The lowest BCUT2D eigenvalue weighted by Crippen LogP contribution is -2.24. The van der Waals surface area contributed by atoms with Crippen molar-refractivity contribution in [3.8, 4) is 0 Å². The molecule has 1 aliphatic heterocycles. The summed E-state index contributed by atoms with van der Waals surface area (Å²) in [6, 6.07) is 0. The number of allylic oxidation sites excluding steroid dienone is 2. The zero-order valence-corrected chi connectivity index (χ0v) is 7.20. The largest absolute Gasteiger partial charge is 0.385 e. The highest BCUT2D eigenvalue weighted by molar-refractivity contribution is 7.87. The lowest BCUT2D eigenvalue weighted by molar-refractivity contribution is -0.113. The number of carbonyl (C=O) groups excluding carboxylic acids is 1. The predicted octanol–water partition coefficient (Wildman–Crippen LogP) is 0.386. The molecule has 0 unspecified atom stereocenters. The number of rotatable bonds is 0. The molecule has 0 bridgehead atoms. The van der Waals surface area contributed by atoms with Crippen molar-refractivity contribution in [2.24, 2.45) is 0 Å². The lowest BCUT2D eigenvalue weighted by atomic mass is 10.3. The Morgan fingerprint density at radius 2 is 2.09 bits per heavy atom. The first kappa shape index (κ1) is 8.55. The van der Waals surface area contributed by atoms with Crippen molar-refractivity contribution >= 4 is 27.5 Å². The predicted molar refractivity (Wildman–Crippen MR) is 38.4 cm³/mol. The van der Waals surface area contributed by atoms with Gasteiger partial charge in [0.05, 0.1) is 0 Å². The maximum Gasteiger partial charge on any atom is 0.316 e. The Kier molecular flexibility index (Phi) is 1.94. The molecule has 0 aromatic carbocycles. The van der Waals surface area contributed by atoms with Crippen molar-refractivity contribution in [2.45, 2.75) is 6.92 Å². The molecule has 1 aliphatic rings. The first-order chi connectivity index (χ1) is 4.92. The first-order valence-corrected chi connectivity index (χ1v) is 4.69. The summed E-state index contributed by atoms with van der Waals surface area (Å²) >= 11 is 5.39. The van der Waals surface area contributed by atoms with Gasteiger partial charge in [0.15, 0.2) is 11.5 Å². The van der Waals surface area contributed by atoms with E-state index in [2.05, 4.69) is 4.18 Å². The summed E-state index contributed by atoms with van der Waals surface area (Å²) in [4.78, 5) is 10.8. The van der Waals surface area contributed by atoms with Gasteiger partial charge in [-0.05, 0) is 6.92 Å². The summed E-state index contributed by atoms with van der Waals surface area (Å²) in [6.07, 6.45) is 0. The summed E-state index contributed by atoms with van der Waals surface area (Å²) in [6.45, 7) is 1.33. The van der Waals surface area contributed by atoms with Crippen LogP contribution in [0.1, 0.15) is 6.92 Å². The molecule has 0 aromatic heterocycles. The van der Waals surface area contributed by atoms with Gasteiger partial charge < -0.3 is 4.18 Å². The molecule has 0 radical (unpaired) electrons. The smallest absolute Gasteiger partial charge is 0.316 e. The van der Waals surface area contributed by atoms with E-state index in [1.165, 1.54) is 6.92 Å². The van der Waals surface area contributed by atoms with Gasteiger partial charge in [0, 0.05) is 0 Å². The van der Waals surface area contributed by atoms with Crippen LogP contribution in [0.5, 0.6) is 0 Å². The fourth-order valence-electron chi connectivity index (χ4n) is 0.677. The number of Topliss-reactive ketones (excluding diaryl/α,β-unsaturated/α-hetero) is 1. The first-order valence-electron chi connectivity index (χ1n) is 2.74. The molecule has 11 heavy (non-hydrogen) atoms. The summed E-state index contributed by atoms with van der Waals surface area (Å²) in [5, 5.41) is -0.139. The van der Waals surface area contributed by atoms with E-state index >= 15 is 0 Å². The minimum atomic E-state index is -3.71. The standard InChI is InChI=1S/C5H5ClO4S/c1-3-5(6)4(7)2-11(8,9)10-3/h2H2,1H3. The van der Waals surface area contributed by atoms with Gasteiger partial charge in [0.1, 0.15) is 10.8 Å². The molecular weight excluding hydrogens is 192 g/mol. The Labute approximate surface area is 68.9 Å². The Bertz CT molecular complexity index is 326. The molecule has 0 aromatic rings. The fraction of sp³-hybridized carbons (Fsp3) is 0.400. The second-order valence-electron chi connectivity index (χ2n) is 2.08. The molecule has 0 N–H and O–H groups in total. The Morgan fingerprint density at radius 3 is 2.55 bits per heavy atom. The molecule has 0 aliphatic carbocycles. The molecule has 0 saturated carbocycles. The topological polar surface area (TPSA) is 60.4 Å². The van der Waals surface area contributed by atoms with Gasteiger partial charge in [-0.2, -0.15) is 8.42 Å². The highest BCUT2D eigenvalue weighted by Gasteiger charge is 2.28. The minimum Gasteiger partial charge on any atom is -0.385 e. The Morgan fingerprint density at radius 1 is 1.55 bits per heavy atom. The van der Waals surface area contributed by atoms with E-state index in [0.29, 0.717) is 0 Å². The van der Waals surface area contributed by atoms with Gasteiger partial charge in [0.2, 0.25) is 0 Å². The highest BCUT2D eigenvalue weighted by Crippen LogP contribution is 2.20. The average molecular weight is 197 g/mol. The molecule has 1 heterocycles. The number of hydrogen-bond acceptors (Lipinski definition) is 4. The third kappa shape index (κ3) is 1.72. The van der Waals surface area contributed by atoms with Gasteiger partial charge in [-0.15, -0.1) is 0 Å². The van der Waals surface area contributed by atoms with Crippen LogP contribution in [0.2, 0.25) is 0 Å². The summed E-state index contributed by atoms with van der Waals surface area (Å²) in [5.74, 6) is -1.33.